The van der Waals surface area contributed by atoms with Crippen LogP contribution in [0.3, 0.4) is 0 Å². The first-order valence-electron chi connectivity index (χ1n) is 43.0. The van der Waals surface area contributed by atoms with Crippen LogP contribution in [0.1, 0.15) is 243 Å². The smallest absolute Gasteiger partial charge is 0.330 e. The van der Waals surface area contributed by atoms with E-state index < -0.39 is 131 Å². The average molecular weight is 1790 g/mol. The number of aromatic amines is 3. The van der Waals surface area contributed by atoms with Gasteiger partial charge in [0, 0.05) is 75.1 Å². The van der Waals surface area contributed by atoms with Crippen LogP contribution in [0.4, 0.5) is 0 Å². The molecule has 39 heteroatoms. The summed E-state index contributed by atoms with van der Waals surface area (Å²) in [5, 5.41) is 7.86. The van der Waals surface area contributed by atoms with Gasteiger partial charge in [0.15, 0.2) is 18.7 Å². The summed E-state index contributed by atoms with van der Waals surface area (Å²) in [7, 11) is -4.72. The average Bonchev–Trinajstić information content (AvgIpc) is 1.58. The molecule has 3 amide bonds. The second-order valence-electron chi connectivity index (χ2n) is 32.5. The minimum Gasteiger partial charge on any atom is -0.368 e. The maximum atomic E-state index is 13.1. The lowest BCUT2D eigenvalue weighted by Crippen LogP contribution is -2.43. The quantitative estimate of drug-likeness (QED) is 0.0133. The van der Waals surface area contributed by atoms with Crippen molar-refractivity contribution < 1.29 is 69.9 Å². The van der Waals surface area contributed by atoms with Crippen LogP contribution in [0, 0.1) is 55.2 Å². The fourth-order valence-corrected chi connectivity index (χ4v) is 20.8. The van der Waals surface area contributed by atoms with Gasteiger partial charge in [0.25, 0.3) is 42.3 Å². The molecule has 0 aromatic carbocycles. The highest BCUT2D eigenvalue weighted by Crippen LogP contribution is 2.59. The van der Waals surface area contributed by atoms with Gasteiger partial charge in [-0.3, -0.25) is 57.4 Å². The lowest BCUT2D eigenvalue weighted by atomic mass is 9.96. The maximum Gasteiger partial charge on any atom is 0.330 e. The molecule has 6 bridgehead atoms. The zero-order valence-electron chi connectivity index (χ0n) is 75.0. The number of fused-ring (bicyclic) bond motifs is 6. The topological polar surface area (TPSA) is 385 Å². The lowest BCUT2D eigenvalue weighted by molar-refractivity contribution is -0.175. The molecule has 9 rings (SSSR count). The Morgan fingerprint density at radius 2 is 0.734 bits per heavy atom. The van der Waals surface area contributed by atoms with Crippen molar-refractivity contribution in [1.82, 2.24) is 58.6 Å². The van der Waals surface area contributed by atoms with Gasteiger partial charge >= 0.3 is 17.1 Å². The second-order valence-corrected chi connectivity index (χ2v) is 36.7. The van der Waals surface area contributed by atoms with Crippen molar-refractivity contribution in [3.05, 3.63) is 132 Å². The number of ether oxygens (including phenoxy) is 6. The Morgan fingerprint density at radius 1 is 0.460 bits per heavy atom. The molecular weight excluding hydrogens is 1660 g/mol. The van der Waals surface area contributed by atoms with Crippen molar-refractivity contribution in [3.63, 3.8) is 0 Å². The van der Waals surface area contributed by atoms with Gasteiger partial charge in [-0.15, -0.1) is 0 Å². The van der Waals surface area contributed by atoms with E-state index in [0.29, 0.717) is 25.7 Å². The van der Waals surface area contributed by atoms with Crippen LogP contribution in [-0.4, -0.2) is 229 Å². The van der Waals surface area contributed by atoms with E-state index in [1.165, 1.54) is 84.7 Å². The molecule has 0 saturated carbocycles. The first-order valence-corrected chi connectivity index (χ1v) is 46.4. The standard InChI is InChI=1S/C35H56N5O7P.2C25H36N5O7P/c1-8-10-11-12-13-14-15-16-17-20-29(41)37-21-18-19-28-24-39(34(43)38-32(28)42)33-30-31(35(9-2,46-33)25-44-30)47-48(45-23-22-36-7)40(26(3)4)27(5)6;2*1-8-25-15-34-20(21(25)37-38(35-13-12-26-7)30(16(2)3)17(4)5)23(36-25)29-14-19(22(32)28-24(29)33)10-9-11-27-18(6)31/h24,26-27,30-31,33H,8-17,20-23,25H2,1-6H3,(H,37,41)(H,38,42,43);2*14,16-17,20-21,23H,8,11-13,15H2,1-6H3,(H,27,31)(H,28,32,33)/t30?,31-,33-,35+,48?;2*20?,21-,23-,25+,38?/m111/s1. The number of unbranched alkanes of at least 4 members (excludes halogenated alkanes) is 8. The second kappa shape index (κ2) is 50.1. The molecule has 6 fully saturated rings. The highest BCUT2D eigenvalue weighted by Gasteiger charge is 2.66. The summed E-state index contributed by atoms with van der Waals surface area (Å²) in [5.74, 6) is 15.9. The third-order valence-corrected chi connectivity index (χ3v) is 27.7. The first-order chi connectivity index (χ1) is 59.2. The van der Waals surface area contributed by atoms with E-state index in [2.05, 4.69) is 185 Å². The molecule has 124 heavy (non-hydrogen) atoms. The van der Waals surface area contributed by atoms with Gasteiger partial charge in [0.1, 0.15) is 89.9 Å². The molecule has 6 aliphatic heterocycles. The highest BCUT2D eigenvalue weighted by atomic mass is 31.2. The van der Waals surface area contributed by atoms with Crippen LogP contribution in [0.15, 0.2) is 47.4 Å². The van der Waals surface area contributed by atoms with Crippen molar-refractivity contribution in [3.8, 4) is 35.5 Å². The molecule has 6 N–H and O–H groups in total. The van der Waals surface area contributed by atoms with E-state index in [9.17, 15) is 43.2 Å². The molecule has 3 aromatic rings. The molecule has 15 atom stereocenters. The van der Waals surface area contributed by atoms with Crippen LogP contribution in [-0.2, 0) is 69.9 Å². The molecule has 9 heterocycles. The molecule has 6 aliphatic rings. The first kappa shape index (κ1) is 103. The Kier molecular flexibility index (Phi) is 41.8. The Morgan fingerprint density at radius 3 is 0.992 bits per heavy atom. The van der Waals surface area contributed by atoms with Gasteiger partial charge < -0.3 is 86.0 Å². The predicted octanol–water partition coefficient (Wildman–Crippen LogP) is 9.20. The zero-order chi connectivity index (χ0) is 91.2. The fraction of sp³-hybridized carbons (Fsp3) is 0.718. The van der Waals surface area contributed by atoms with E-state index in [0.717, 1.165) is 19.3 Å². The number of rotatable bonds is 43. The van der Waals surface area contributed by atoms with Crippen LogP contribution in [0.25, 0.3) is 14.5 Å². The van der Waals surface area contributed by atoms with Crippen LogP contribution < -0.4 is 49.7 Å². The molecule has 0 radical (unpaired) electrons. The maximum absolute atomic E-state index is 13.1. The van der Waals surface area contributed by atoms with Crippen molar-refractivity contribution in [2.24, 2.45) is 0 Å². The van der Waals surface area contributed by atoms with Gasteiger partial charge in [0.05, 0.1) is 39.5 Å². The summed E-state index contributed by atoms with van der Waals surface area (Å²) >= 11 is 0. The Balaban J connectivity index is 0.000000258. The van der Waals surface area contributed by atoms with E-state index in [-0.39, 0.29) is 150 Å². The molecular formula is C85H128N15O21P3. The summed E-state index contributed by atoms with van der Waals surface area (Å²) in [6.45, 7) is 59.3. The minimum atomic E-state index is -1.58. The molecule has 6 unspecified atom stereocenters. The normalized spacial score (nSPS) is 23.9. The Hall–Kier alpha value is -7.71. The van der Waals surface area contributed by atoms with Crippen molar-refractivity contribution in [1.29, 1.82) is 0 Å². The molecule has 684 valence electrons. The van der Waals surface area contributed by atoms with E-state index >= 15 is 0 Å². The van der Waals surface area contributed by atoms with Gasteiger partial charge in [-0.2, -0.15) is 0 Å². The molecule has 3 aromatic heterocycles. The van der Waals surface area contributed by atoms with Crippen molar-refractivity contribution >= 4 is 43.3 Å². The highest BCUT2D eigenvalue weighted by molar-refractivity contribution is 7.45. The van der Waals surface area contributed by atoms with Crippen LogP contribution in [0.2, 0.25) is 0 Å². The van der Waals surface area contributed by atoms with E-state index in [1.807, 2.05) is 20.8 Å². The third-order valence-electron chi connectivity index (χ3n) is 21.4. The Bertz CT molecular complexity index is 4520. The minimum absolute atomic E-state index is 0.0554. The summed E-state index contributed by atoms with van der Waals surface area (Å²) in [5.41, 5.74) is -6.15. The van der Waals surface area contributed by atoms with Gasteiger partial charge in [-0.05, 0) is 109 Å². The number of nitrogens with zero attached hydrogens (tertiary/aromatic N) is 9. The number of nitrogens with one attached hydrogen (secondary N) is 6. The summed E-state index contributed by atoms with van der Waals surface area (Å²) in [6.07, 6.45) is 10.7. The monoisotopic (exact) mass is 1790 g/mol. The number of aromatic nitrogens is 6. The largest absolute Gasteiger partial charge is 0.368 e. The molecule has 6 saturated heterocycles. The molecule has 0 aliphatic carbocycles. The Labute approximate surface area is 731 Å². The lowest BCUT2D eigenvalue weighted by Gasteiger charge is -2.38. The summed E-state index contributed by atoms with van der Waals surface area (Å²) in [4.78, 5) is 128. The number of amides is 3. The fourth-order valence-electron chi connectivity index (χ4n) is 15.3. The number of hydrogen-bond acceptors (Lipinski definition) is 24. The van der Waals surface area contributed by atoms with Gasteiger partial charge in [-0.25, -0.2) is 48.1 Å². The summed E-state index contributed by atoms with van der Waals surface area (Å²) in [6, 6.07) is 0.682. The van der Waals surface area contributed by atoms with Gasteiger partial charge in [-0.1, -0.05) is 115 Å². The third kappa shape index (κ3) is 27.4. The van der Waals surface area contributed by atoms with Crippen LogP contribution >= 0.6 is 25.6 Å². The van der Waals surface area contributed by atoms with Crippen LogP contribution in [0.5, 0.6) is 0 Å². The number of hydrogen-bond donors (Lipinski definition) is 6. The van der Waals surface area contributed by atoms with E-state index in [4.69, 9.17) is 75.3 Å². The number of H-pyrrole nitrogens is 3. The number of carbonyl (C=O) groups is 3. The SMILES string of the molecule is [C-]#[N+]CCOP(O[C@@H]1C2OC[C@]1(CC)O[C@H]2n1cc(C#CCNC(=O)CCCCCCCCCCC)c(=O)[nH]c1=O)N(C(C)C)C(C)C.[C-]#[N+]CCOP(O[C@@H]1C2OC[C@]1(CC)O[C@H]2n1cc(C#CCNC(C)=O)c(=O)[nH]c1=O)N(C(C)C)C(C)C.[C-]#[N+]CCOP(O[C@@H]1C2OC[C@]1(CC)O[C@H]2n1cc(C#CCNC(C)=O)c(=O)[nH]c1=O)N(C(C)C)C(C)C. The summed E-state index contributed by atoms with van der Waals surface area (Å²) < 4.78 is 86.3. The molecule has 36 nitrogen and oxygen atoms in total. The zero-order valence-corrected chi connectivity index (χ0v) is 77.7. The number of carbonyl (C=O) groups excluding carboxylic acids is 3. The van der Waals surface area contributed by atoms with Crippen molar-refractivity contribution in [2.45, 2.75) is 316 Å². The predicted molar refractivity (Wildman–Crippen MR) is 469 cm³/mol. The van der Waals surface area contributed by atoms with E-state index in [1.54, 1.807) is 0 Å². The van der Waals surface area contributed by atoms with Crippen molar-refractivity contribution in [2.75, 3.05) is 78.9 Å². The van der Waals surface area contributed by atoms with Gasteiger partial charge in [0.2, 0.25) is 37.4 Å². The molecule has 0 spiro atoms.